The van der Waals surface area contributed by atoms with Crippen molar-refractivity contribution in [2.24, 2.45) is 10.2 Å². The average molecular weight is 478 g/mol. The van der Waals surface area contributed by atoms with Gasteiger partial charge in [0.2, 0.25) is 0 Å². The summed E-state index contributed by atoms with van der Waals surface area (Å²) in [4.78, 5) is 6.11. The fraction of sp³-hybridized carbons (Fsp3) is 0.353. The molecule has 1 heterocycles. The molecule has 2 aromatic rings. The SMILES string of the molecule is CCCN(CCCS(=O)(=O)[O-])c1ccc(N=Nc2ccc(Br)cn2)c(N)c1.[Na+]. The molecule has 8 nitrogen and oxygen atoms in total. The Morgan fingerprint density at radius 1 is 1.21 bits per heavy atom. The van der Waals surface area contributed by atoms with Crippen molar-refractivity contribution < 1.29 is 42.5 Å². The number of nitrogen functional groups attached to an aromatic ring is 1. The summed E-state index contributed by atoms with van der Waals surface area (Å²) in [6, 6.07) is 8.91. The van der Waals surface area contributed by atoms with E-state index in [1.54, 1.807) is 24.4 Å². The molecule has 0 spiro atoms. The molecule has 0 unspecified atom stereocenters. The molecule has 1 aromatic heterocycles. The number of benzene rings is 1. The fourth-order valence-corrected chi connectivity index (χ4v) is 3.15. The van der Waals surface area contributed by atoms with E-state index in [9.17, 15) is 13.0 Å². The molecule has 0 amide bonds. The van der Waals surface area contributed by atoms with E-state index in [0.717, 1.165) is 23.1 Å². The first-order valence-electron chi connectivity index (χ1n) is 8.40. The van der Waals surface area contributed by atoms with E-state index in [1.165, 1.54) is 0 Å². The minimum atomic E-state index is -4.21. The molecule has 0 fully saturated rings. The van der Waals surface area contributed by atoms with E-state index < -0.39 is 10.1 Å². The Morgan fingerprint density at radius 3 is 2.54 bits per heavy atom. The molecule has 146 valence electrons. The van der Waals surface area contributed by atoms with Crippen molar-refractivity contribution in [3.8, 4) is 0 Å². The predicted octanol–water partition coefficient (Wildman–Crippen LogP) is 0.997. The molecule has 0 saturated carbocycles. The Labute approximate surface area is 195 Å². The standard InChI is InChI=1S/C17H22BrN5O3S.Na/c1-2-8-23(9-3-10-27(24,25)26)14-5-6-16(15(19)11-14)21-22-17-7-4-13(18)12-20-17;/h4-7,11-12H,2-3,8-10,19H2,1H3,(H,24,25,26);/q;+1/p-1. The van der Waals surface area contributed by atoms with Gasteiger partial charge in [-0.15, -0.1) is 10.2 Å². The van der Waals surface area contributed by atoms with E-state index >= 15 is 0 Å². The molecule has 0 radical (unpaired) electrons. The monoisotopic (exact) mass is 477 g/mol. The third kappa shape index (κ3) is 8.54. The van der Waals surface area contributed by atoms with Gasteiger partial charge in [-0.3, -0.25) is 0 Å². The van der Waals surface area contributed by atoms with Crippen LogP contribution in [-0.2, 0) is 10.1 Å². The molecular formula is C17H21BrN5NaO3S. The van der Waals surface area contributed by atoms with Gasteiger partial charge in [0.1, 0.15) is 5.69 Å². The molecule has 0 saturated heterocycles. The number of azo groups is 1. The summed E-state index contributed by atoms with van der Waals surface area (Å²) in [5.41, 5.74) is 7.90. The largest absolute Gasteiger partial charge is 1.00 e. The Morgan fingerprint density at radius 2 is 1.96 bits per heavy atom. The van der Waals surface area contributed by atoms with Crippen LogP contribution >= 0.6 is 15.9 Å². The first kappa shape index (κ1) is 25.0. The maximum absolute atomic E-state index is 10.8. The number of rotatable bonds is 9. The molecule has 28 heavy (non-hydrogen) atoms. The molecule has 0 bridgehead atoms. The van der Waals surface area contributed by atoms with Gasteiger partial charge < -0.3 is 15.2 Å². The van der Waals surface area contributed by atoms with Crippen LogP contribution in [0, 0.1) is 0 Å². The normalized spacial score (nSPS) is 11.4. The van der Waals surface area contributed by atoms with Gasteiger partial charge in [0.25, 0.3) is 0 Å². The smallest absolute Gasteiger partial charge is 0.748 e. The predicted molar refractivity (Wildman–Crippen MR) is 109 cm³/mol. The van der Waals surface area contributed by atoms with Crippen molar-refractivity contribution in [3.63, 3.8) is 0 Å². The van der Waals surface area contributed by atoms with Gasteiger partial charge in [0, 0.05) is 35.2 Å². The Bertz CT molecular complexity index is 894. The zero-order chi connectivity index (χ0) is 19.9. The van der Waals surface area contributed by atoms with Crippen LogP contribution in [0.4, 0.5) is 22.9 Å². The number of halogens is 1. The third-order valence-corrected chi connectivity index (χ3v) is 4.92. The number of anilines is 2. The number of nitrogens with zero attached hydrogens (tertiary/aromatic N) is 4. The second-order valence-electron chi connectivity index (χ2n) is 5.88. The van der Waals surface area contributed by atoms with Crippen LogP contribution in [0.25, 0.3) is 0 Å². The minimum Gasteiger partial charge on any atom is -0.748 e. The molecule has 0 atom stereocenters. The molecule has 2 N–H and O–H groups in total. The van der Waals surface area contributed by atoms with Gasteiger partial charge in [-0.05, 0) is 59.1 Å². The van der Waals surface area contributed by atoms with Crippen LogP contribution in [0.3, 0.4) is 0 Å². The quantitative estimate of drug-likeness (QED) is 0.248. The van der Waals surface area contributed by atoms with Crippen molar-refractivity contribution in [1.82, 2.24) is 4.98 Å². The van der Waals surface area contributed by atoms with Gasteiger partial charge in [0.15, 0.2) is 5.82 Å². The fourth-order valence-electron chi connectivity index (χ4n) is 2.43. The molecule has 11 heteroatoms. The van der Waals surface area contributed by atoms with Crippen molar-refractivity contribution >= 4 is 48.9 Å². The summed E-state index contributed by atoms with van der Waals surface area (Å²) in [6.45, 7) is 3.20. The van der Waals surface area contributed by atoms with Crippen molar-refractivity contribution in [3.05, 3.63) is 41.0 Å². The summed E-state index contributed by atoms with van der Waals surface area (Å²) in [5, 5.41) is 8.19. The second kappa shape index (κ2) is 11.8. The van der Waals surface area contributed by atoms with E-state index in [1.807, 2.05) is 24.0 Å². The topological polar surface area (TPSA) is 124 Å². The molecular weight excluding hydrogens is 457 g/mol. The van der Waals surface area contributed by atoms with Crippen LogP contribution in [0.15, 0.2) is 51.2 Å². The molecule has 2 rings (SSSR count). The van der Waals surface area contributed by atoms with Crippen molar-refractivity contribution in [2.45, 2.75) is 19.8 Å². The summed E-state index contributed by atoms with van der Waals surface area (Å²) < 4.78 is 33.2. The molecule has 0 aliphatic rings. The second-order valence-corrected chi connectivity index (χ2v) is 8.32. The van der Waals surface area contributed by atoms with Crippen LogP contribution in [0.5, 0.6) is 0 Å². The van der Waals surface area contributed by atoms with Crippen LogP contribution in [0.1, 0.15) is 19.8 Å². The zero-order valence-corrected chi connectivity index (χ0v) is 20.3. The van der Waals surface area contributed by atoms with Gasteiger partial charge in [-0.2, -0.15) is 0 Å². The number of nitrogens with two attached hydrogens (primary N) is 1. The number of hydrogen-bond acceptors (Lipinski definition) is 8. The average Bonchev–Trinajstić information content (AvgIpc) is 2.60. The van der Waals surface area contributed by atoms with E-state index in [2.05, 4.69) is 31.1 Å². The summed E-state index contributed by atoms with van der Waals surface area (Å²) >= 11 is 3.31. The molecule has 0 aliphatic heterocycles. The Balaban J connectivity index is 0.00000392. The number of aromatic nitrogens is 1. The van der Waals surface area contributed by atoms with Crippen molar-refractivity contribution in [2.75, 3.05) is 29.5 Å². The Hall–Kier alpha value is -1.04. The van der Waals surface area contributed by atoms with Gasteiger partial charge in [0.05, 0.1) is 15.8 Å². The maximum Gasteiger partial charge on any atom is 1.00 e. The first-order valence-corrected chi connectivity index (χ1v) is 10.8. The minimum absolute atomic E-state index is 0. The van der Waals surface area contributed by atoms with Crippen molar-refractivity contribution in [1.29, 1.82) is 0 Å². The van der Waals surface area contributed by atoms with Gasteiger partial charge >= 0.3 is 29.6 Å². The first-order chi connectivity index (χ1) is 12.8. The zero-order valence-electron chi connectivity index (χ0n) is 15.9. The number of pyridine rings is 1. The van der Waals surface area contributed by atoms with Crippen LogP contribution in [-0.4, -0.2) is 36.8 Å². The van der Waals surface area contributed by atoms with Crippen LogP contribution in [0.2, 0.25) is 0 Å². The van der Waals surface area contributed by atoms with Gasteiger partial charge in [-0.25, -0.2) is 13.4 Å². The summed E-state index contributed by atoms with van der Waals surface area (Å²) in [5.74, 6) is 0.0861. The molecule has 1 aromatic carbocycles. The van der Waals surface area contributed by atoms with Gasteiger partial charge in [-0.1, -0.05) is 6.92 Å². The van der Waals surface area contributed by atoms with E-state index in [0.29, 0.717) is 23.7 Å². The summed E-state index contributed by atoms with van der Waals surface area (Å²) in [7, 11) is -4.21. The van der Waals surface area contributed by atoms with E-state index in [4.69, 9.17) is 5.73 Å². The Kier molecular flexibility index (Phi) is 10.6. The summed E-state index contributed by atoms with van der Waals surface area (Å²) in [6.07, 6.45) is 2.77. The molecule has 0 aliphatic carbocycles. The van der Waals surface area contributed by atoms with Crippen LogP contribution < -0.4 is 40.2 Å². The number of hydrogen-bond donors (Lipinski definition) is 1. The van der Waals surface area contributed by atoms with E-state index in [-0.39, 0.29) is 41.7 Å². The maximum atomic E-state index is 10.8. The third-order valence-electron chi connectivity index (χ3n) is 3.66.